The maximum absolute atomic E-state index is 10.5. The van der Waals surface area contributed by atoms with E-state index in [1.807, 2.05) is 7.05 Å². The first kappa shape index (κ1) is 10.5. The number of nitrogens with one attached hydrogen (secondary N) is 1. The summed E-state index contributed by atoms with van der Waals surface area (Å²) in [6.45, 7) is 1.48. The fraction of sp³-hybridized carbons (Fsp3) is 0.500. The van der Waals surface area contributed by atoms with Gasteiger partial charge in [-0.25, -0.2) is 4.79 Å². The Kier molecular flexibility index (Phi) is 3.47. The molecule has 0 saturated heterocycles. The van der Waals surface area contributed by atoms with Crippen molar-refractivity contribution >= 4 is 12.0 Å². The van der Waals surface area contributed by atoms with Crippen molar-refractivity contribution in [1.29, 1.82) is 0 Å². The summed E-state index contributed by atoms with van der Waals surface area (Å²) in [4.78, 5) is 16.0. The molecule has 0 bridgehead atoms. The van der Waals surface area contributed by atoms with Crippen molar-refractivity contribution in [2.75, 3.05) is 32.1 Å². The molecule has 6 heteroatoms. The Labute approximate surface area is 81.5 Å². The maximum atomic E-state index is 10.5. The van der Waals surface area contributed by atoms with Crippen LogP contribution in [0.15, 0.2) is 10.7 Å². The number of rotatable bonds is 5. The van der Waals surface area contributed by atoms with Gasteiger partial charge in [-0.05, 0) is 7.05 Å². The van der Waals surface area contributed by atoms with Crippen LogP contribution in [0.2, 0.25) is 0 Å². The highest BCUT2D eigenvalue weighted by molar-refractivity contribution is 5.85. The van der Waals surface area contributed by atoms with Gasteiger partial charge in [0.05, 0.1) is 0 Å². The zero-order valence-electron chi connectivity index (χ0n) is 8.15. The zero-order chi connectivity index (χ0) is 10.6. The third kappa shape index (κ3) is 2.46. The number of likely N-dealkylation sites (N-methyl/N-ethyl adjacent to an activating group) is 2. The van der Waals surface area contributed by atoms with Crippen LogP contribution in [-0.2, 0) is 0 Å². The van der Waals surface area contributed by atoms with Crippen LogP contribution in [-0.4, -0.2) is 43.2 Å². The summed E-state index contributed by atoms with van der Waals surface area (Å²) in [6.07, 6.45) is 1.13. The number of aromatic nitrogens is 1. The molecule has 0 saturated carbocycles. The number of anilines is 1. The van der Waals surface area contributed by atoms with Gasteiger partial charge in [-0.15, -0.1) is 0 Å². The average Bonchev–Trinajstić information content (AvgIpc) is 2.62. The predicted octanol–water partition coefficient (Wildman–Crippen LogP) is 0.0284. The van der Waals surface area contributed by atoms with Crippen molar-refractivity contribution in [2.45, 2.75) is 0 Å². The molecule has 1 heterocycles. The van der Waals surface area contributed by atoms with Gasteiger partial charge in [0, 0.05) is 20.1 Å². The molecule has 0 atom stereocenters. The van der Waals surface area contributed by atoms with Crippen molar-refractivity contribution < 1.29 is 14.3 Å². The molecule has 2 N–H and O–H groups in total. The molecule has 0 unspecified atom stereocenters. The molecule has 0 radical (unpaired) electrons. The summed E-state index contributed by atoms with van der Waals surface area (Å²) in [5, 5.41) is 11.6. The standard InChI is InChI=1S/C8H13N3O3/c1-9-3-4-11(2)8-10-6(5-14-8)7(12)13/h5,9H,3-4H2,1-2H3,(H,12,13). The lowest BCUT2D eigenvalue weighted by atomic mass is 10.5. The van der Waals surface area contributed by atoms with Gasteiger partial charge in [0.25, 0.3) is 6.01 Å². The van der Waals surface area contributed by atoms with Crippen LogP contribution in [0.5, 0.6) is 0 Å². The summed E-state index contributed by atoms with van der Waals surface area (Å²) in [7, 11) is 3.63. The van der Waals surface area contributed by atoms with E-state index in [0.29, 0.717) is 12.6 Å². The SMILES string of the molecule is CNCCN(C)c1nc(C(=O)O)co1. The van der Waals surface area contributed by atoms with Crippen molar-refractivity contribution in [3.63, 3.8) is 0 Å². The van der Waals surface area contributed by atoms with Crippen LogP contribution < -0.4 is 10.2 Å². The fourth-order valence-corrected chi connectivity index (χ4v) is 0.913. The molecule has 0 aliphatic carbocycles. The molecule has 6 nitrogen and oxygen atoms in total. The minimum Gasteiger partial charge on any atom is -0.476 e. The molecule has 1 rings (SSSR count). The maximum Gasteiger partial charge on any atom is 0.357 e. The molecular weight excluding hydrogens is 186 g/mol. The minimum atomic E-state index is -1.08. The van der Waals surface area contributed by atoms with Crippen LogP contribution in [0.3, 0.4) is 0 Å². The van der Waals surface area contributed by atoms with Crippen molar-refractivity contribution in [3.05, 3.63) is 12.0 Å². The van der Waals surface area contributed by atoms with Crippen molar-refractivity contribution in [3.8, 4) is 0 Å². The first-order valence-electron chi connectivity index (χ1n) is 4.19. The third-order valence-corrected chi connectivity index (χ3v) is 1.73. The Morgan fingerprint density at radius 2 is 2.50 bits per heavy atom. The monoisotopic (exact) mass is 199 g/mol. The van der Waals surface area contributed by atoms with Gasteiger partial charge in [-0.3, -0.25) is 0 Å². The second kappa shape index (κ2) is 4.61. The summed E-state index contributed by atoms with van der Waals surface area (Å²) in [5.74, 6) is -1.08. The average molecular weight is 199 g/mol. The van der Waals surface area contributed by atoms with E-state index >= 15 is 0 Å². The van der Waals surface area contributed by atoms with Gasteiger partial charge in [-0.2, -0.15) is 4.98 Å². The number of hydrogen-bond donors (Lipinski definition) is 2. The fourth-order valence-electron chi connectivity index (χ4n) is 0.913. The number of aromatic carboxylic acids is 1. The van der Waals surface area contributed by atoms with Crippen molar-refractivity contribution in [2.24, 2.45) is 0 Å². The molecule has 78 valence electrons. The number of nitrogens with zero attached hydrogens (tertiary/aromatic N) is 2. The van der Waals surface area contributed by atoms with E-state index in [0.717, 1.165) is 12.8 Å². The number of carbonyl (C=O) groups is 1. The molecule has 14 heavy (non-hydrogen) atoms. The zero-order valence-corrected chi connectivity index (χ0v) is 8.15. The van der Waals surface area contributed by atoms with E-state index in [4.69, 9.17) is 9.52 Å². The molecule has 1 aromatic heterocycles. The van der Waals surface area contributed by atoms with E-state index in [2.05, 4.69) is 10.3 Å². The second-order valence-corrected chi connectivity index (χ2v) is 2.85. The quantitative estimate of drug-likeness (QED) is 0.696. The number of hydrogen-bond acceptors (Lipinski definition) is 5. The molecule has 0 amide bonds. The third-order valence-electron chi connectivity index (χ3n) is 1.73. The Morgan fingerprint density at radius 3 is 3.00 bits per heavy atom. The predicted molar refractivity (Wildman–Crippen MR) is 50.7 cm³/mol. The normalized spacial score (nSPS) is 10.1. The molecule has 0 aliphatic rings. The van der Waals surface area contributed by atoms with Crippen LogP contribution in [0, 0.1) is 0 Å². The Balaban J connectivity index is 2.61. The van der Waals surface area contributed by atoms with Crippen LogP contribution in [0.1, 0.15) is 10.5 Å². The van der Waals surface area contributed by atoms with E-state index < -0.39 is 5.97 Å². The minimum absolute atomic E-state index is 0.0729. The lowest BCUT2D eigenvalue weighted by Crippen LogP contribution is -2.27. The molecule has 1 aromatic rings. The summed E-state index contributed by atoms with van der Waals surface area (Å²) in [6, 6.07) is 0.317. The first-order valence-corrected chi connectivity index (χ1v) is 4.19. The largest absolute Gasteiger partial charge is 0.476 e. The molecule has 0 fully saturated rings. The van der Waals surface area contributed by atoms with Gasteiger partial charge in [0.15, 0.2) is 5.69 Å². The van der Waals surface area contributed by atoms with E-state index in [1.165, 1.54) is 0 Å². The van der Waals surface area contributed by atoms with Gasteiger partial charge in [0.2, 0.25) is 0 Å². The lowest BCUT2D eigenvalue weighted by molar-refractivity contribution is 0.0690. The van der Waals surface area contributed by atoms with Gasteiger partial charge in [-0.1, -0.05) is 0 Å². The summed E-state index contributed by atoms with van der Waals surface area (Å²) in [5.41, 5.74) is -0.0729. The highest BCUT2D eigenvalue weighted by Gasteiger charge is 2.12. The second-order valence-electron chi connectivity index (χ2n) is 2.85. The Morgan fingerprint density at radius 1 is 1.79 bits per heavy atom. The van der Waals surface area contributed by atoms with Gasteiger partial charge < -0.3 is 19.7 Å². The van der Waals surface area contributed by atoms with Crippen LogP contribution >= 0.6 is 0 Å². The van der Waals surface area contributed by atoms with Gasteiger partial charge in [0.1, 0.15) is 6.26 Å². The van der Waals surface area contributed by atoms with Crippen molar-refractivity contribution in [1.82, 2.24) is 10.3 Å². The number of carboxylic acid groups (broad SMARTS) is 1. The molecular formula is C8H13N3O3. The highest BCUT2D eigenvalue weighted by Crippen LogP contribution is 2.10. The number of oxazole rings is 1. The van der Waals surface area contributed by atoms with Gasteiger partial charge >= 0.3 is 5.97 Å². The summed E-state index contributed by atoms with van der Waals surface area (Å²) < 4.78 is 4.99. The number of carboxylic acids is 1. The smallest absolute Gasteiger partial charge is 0.357 e. The van der Waals surface area contributed by atoms with E-state index in [9.17, 15) is 4.79 Å². The van der Waals surface area contributed by atoms with E-state index in [-0.39, 0.29) is 5.69 Å². The summed E-state index contributed by atoms with van der Waals surface area (Å²) >= 11 is 0. The highest BCUT2D eigenvalue weighted by atomic mass is 16.4. The van der Waals surface area contributed by atoms with E-state index in [1.54, 1.807) is 11.9 Å². The molecule has 0 spiro atoms. The van der Waals surface area contributed by atoms with Crippen LogP contribution in [0.4, 0.5) is 6.01 Å². The Bertz CT molecular complexity index is 311. The van der Waals surface area contributed by atoms with Crippen LogP contribution in [0.25, 0.3) is 0 Å². The first-order chi connectivity index (χ1) is 6.65. The Hall–Kier alpha value is -1.56. The topological polar surface area (TPSA) is 78.6 Å². The lowest BCUT2D eigenvalue weighted by Gasteiger charge is -2.12. The molecule has 0 aromatic carbocycles. The molecule has 0 aliphatic heterocycles.